The Morgan fingerprint density at radius 1 is 1.07 bits per heavy atom. The van der Waals surface area contributed by atoms with Crippen LogP contribution in [0.2, 0.25) is 0 Å². The highest BCUT2D eigenvalue weighted by molar-refractivity contribution is 5.91. The van der Waals surface area contributed by atoms with E-state index in [0.29, 0.717) is 17.2 Å². The van der Waals surface area contributed by atoms with Crippen molar-refractivity contribution in [2.75, 3.05) is 5.32 Å². The Morgan fingerprint density at radius 3 is 2.55 bits per heavy atom. The first-order chi connectivity index (χ1) is 13.9. The second-order valence-corrected chi connectivity index (χ2v) is 6.92. The quantitative estimate of drug-likeness (QED) is 0.580. The standard InChI is InChI=1S/C21H20N6O2/c1-13-4-5-17(14(2)10-13)24-20(28)12-26-21(29)27-15(3)23-18(11-19(27)25-26)16-6-8-22-9-7-16/h4-11H,12H2,1-3H3,(H,24,28). The van der Waals surface area contributed by atoms with Gasteiger partial charge in [-0.25, -0.2) is 18.9 Å². The van der Waals surface area contributed by atoms with Crippen LogP contribution in [0.15, 0.2) is 53.6 Å². The van der Waals surface area contributed by atoms with Crippen molar-refractivity contribution in [1.29, 1.82) is 0 Å². The Morgan fingerprint density at radius 2 is 1.83 bits per heavy atom. The Kier molecular flexibility index (Phi) is 4.67. The molecule has 0 saturated carbocycles. The van der Waals surface area contributed by atoms with Crippen molar-refractivity contribution in [1.82, 2.24) is 24.1 Å². The van der Waals surface area contributed by atoms with Gasteiger partial charge in [-0.2, -0.15) is 0 Å². The van der Waals surface area contributed by atoms with E-state index in [9.17, 15) is 9.59 Å². The number of hydrogen-bond acceptors (Lipinski definition) is 5. The van der Waals surface area contributed by atoms with E-state index in [1.807, 2.05) is 44.2 Å². The zero-order valence-electron chi connectivity index (χ0n) is 16.4. The predicted octanol–water partition coefficient (Wildman–Crippen LogP) is 2.52. The van der Waals surface area contributed by atoms with Gasteiger partial charge >= 0.3 is 5.69 Å². The molecule has 1 aromatic carbocycles. The third kappa shape index (κ3) is 3.64. The van der Waals surface area contributed by atoms with E-state index in [0.717, 1.165) is 27.1 Å². The zero-order chi connectivity index (χ0) is 20.5. The molecule has 0 aliphatic heterocycles. The highest BCUT2D eigenvalue weighted by atomic mass is 16.2. The van der Waals surface area contributed by atoms with E-state index in [1.54, 1.807) is 25.4 Å². The average molecular weight is 388 g/mol. The molecule has 0 radical (unpaired) electrons. The second-order valence-electron chi connectivity index (χ2n) is 6.92. The molecule has 0 saturated heterocycles. The average Bonchev–Trinajstić information content (AvgIpc) is 3.00. The van der Waals surface area contributed by atoms with Crippen molar-refractivity contribution in [3.8, 4) is 11.3 Å². The fourth-order valence-corrected chi connectivity index (χ4v) is 3.25. The molecule has 0 atom stereocenters. The van der Waals surface area contributed by atoms with Crippen LogP contribution in [-0.4, -0.2) is 30.1 Å². The molecule has 0 unspecified atom stereocenters. The lowest BCUT2D eigenvalue weighted by Gasteiger charge is -2.08. The van der Waals surface area contributed by atoms with Gasteiger partial charge in [0.05, 0.1) is 5.69 Å². The number of anilines is 1. The summed E-state index contributed by atoms with van der Waals surface area (Å²) in [6, 6.07) is 11.2. The fourth-order valence-electron chi connectivity index (χ4n) is 3.25. The van der Waals surface area contributed by atoms with Crippen LogP contribution in [0.3, 0.4) is 0 Å². The fraction of sp³-hybridized carbons (Fsp3) is 0.190. The zero-order valence-corrected chi connectivity index (χ0v) is 16.4. The number of carbonyl (C=O) groups excluding carboxylic acids is 1. The van der Waals surface area contributed by atoms with Gasteiger partial charge in [-0.1, -0.05) is 17.7 Å². The van der Waals surface area contributed by atoms with Gasteiger partial charge in [0.25, 0.3) is 0 Å². The second kappa shape index (κ2) is 7.31. The molecule has 146 valence electrons. The lowest BCUT2D eigenvalue weighted by atomic mass is 10.1. The Hall–Kier alpha value is -3.81. The van der Waals surface area contributed by atoms with Gasteiger partial charge in [-0.15, -0.1) is 5.10 Å². The molecule has 0 aliphatic carbocycles. The number of rotatable bonds is 4. The lowest BCUT2D eigenvalue weighted by molar-refractivity contribution is -0.117. The monoisotopic (exact) mass is 388 g/mol. The lowest BCUT2D eigenvalue weighted by Crippen LogP contribution is -2.29. The number of nitrogens with one attached hydrogen (secondary N) is 1. The molecular formula is C21H20N6O2. The van der Waals surface area contributed by atoms with Crippen LogP contribution in [0.25, 0.3) is 16.9 Å². The summed E-state index contributed by atoms with van der Waals surface area (Å²) in [5, 5.41) is 7.17. The van der Waals surface area contributed by atoms with E-state index in [1.165, 1.54) is 4.40 Å². The number of aromatic nitrogens is 5. The largest absolute Gasteiger partial charge is 0.352 e. The molecule has 3 heterocycles. The molecule has 3 aromatic heterocycles. The number of pyridine rings is 1. The van der Waals surface area contributed by atoms with Crippen molar-refractivity contribution < 1.29 is 4.79 Å². The summed E-state index contributed by atoms with van der Waals surface area (Å²) in [4.78, 5) is 33.7. The van der Waals surface area contributed by atoms with Crippen LogP contribution in [0, 0.1) is 20.8 Å². The highest BCUT2D eigenvalue weighted by Gasteiger charge is 2.15. The SMILES string of the molecule is Cc1ccc(NC(=O)Cn2nc3cc(-c4ccncc4)nc(C)n3c2=O)c(C)c1. The van der Waals surface area contributed by atoms with E-state index < -0.39 is 5.69 Å². The summed E-state index contributed by atoms with van der Waals surface area (Å²) >= 11 is 0. The van der Waals surface area contributed by atoms with Gasteiger partial charge in [0.15, 0.2) is 5.65 Å². The van der Waals surface area contributed by atoms with E-state index in [2.05, 4.69) is 20.4 Å². The first-order valence-electron chi connectivity index (χ1n) is 9.17. The molecule has 4 rings (SSSR count). The minimum Gasteiger partial charge on any atom is -0.324 e. The van der Waals surface area contributed by atoms with E-state index in [4.69, 9.17) is 0 Å². The molecular weight excluding hydrogens is 368 g/mol. The van der Waals surface area contributed by atoms with Crippen molar-refractivity contribution >= 4 is 17.2 Å². The third-order valence-corrected chi connectivity index (χ3v) is 4.66. The van der Waals surface area contributed by atoms with Crippen LogP contribution >= 0.6 is 0 Å². The number of fused-ring (bicyclic) bond motifs is 1. The molecule has 1 amide bonds. The molecule has 1 N–H and O–H groups in total. The maximum Gasteiger partial charge on any atom is 0.352 e. The Labute approximate surface area is 166 Å². The maximum absolute atomic E-state index is 12.7. The topological polar surface area (TPSA) is 94.2 Å². The number of amides is 1. The van der Waals surface area contributed by atoms with Crippen LogP contribution in [-0.2, 0) is 11.3 Å². The van der Waals surface area contributed by atoms with Gasteiger partial charge < -0.3 is 5.32 Å². The van der Waals surface area contributed by atoms with Gasteiger partial charge in [0.1, 0.15) is 12.4 Å². The number of hydrogen-bond donors (Lipinski definition) is 1. The minimum absolute atomic E-state index is 0.183. The number of aryl methyl sites for hydroxylation is 3. The van der Waals surface area contributed by atoms with Crippen LogP contribution < -0.4 is 11.0 Å². The summed E-state index contributed by atoms with van der Waals surface area (Å²) in [5.74, 6) is 0.183. The van der Waals surface area contributed by atoms with E-state index >= 15 is 0 Å². The molecule has 29 heavy (non-hydrogen) atoms. The van der Waals surface area contributed by atoms with Gasteiger partial charge in [-0.3, -0.25) is 9.78 Å². The van der Waals surface area contributed by atoms with Crippen molar-refractivity contribution in [2.24, 2.45) is 0 Å². The number of nitrogens with zero attached hydrogens (tertiary/aromatic N) is 5. The molecule has 4 aromatic rings. The molecule has 0 spiro atoms. The normalized spacial score (nSPS) is 11.0. The van der Waals surface area contributed by atoms with Crippen molar-refractivity contribution in [3.63, 3.8) is 0 Å². The number of benzene rings is 1. The number of carbonyl (C=O) groups is 1. The van der Waals surface area contributed by atoms with E-state index in [-0.39, 0.29) is 12.5 Å². The van der Waals surface area contributed by atoms with Gasteiger partial charge in [0.2, 0.25) is 5.91 Å². The van der Waals surface area contributed by atoms with Gasteiger partial charge in [0, 0.05) is 29.7 Å². The summed E-state index contributed by atoms with van der Waals surface area (Å²) in [7, 11) is 0. The summed E-state index contributed by atoms with van der Waals surface area (Å²) in [6.07, 6.45) is 3.36. The predicted molar refractivity (Wildman–Crippen MR) is 110 cm³/mol. The van der Waals surface area contributed by atoms with Crippen LogP contribution in [0.5, 0.6) is 0 Å². The summed E-state index contributed by atoms with van der Waals surface area (Å²) < 4.78 is 2.55. The Bertz CT molecular complexity index is 1270. The summed E-state index contributed by atoms with van der Waals surface area (Å²) in [5.41, 5.74) is 4.40. The molecule has 8 heteroatoms. The smallest absolute Gasteiger partial charge is 0.324 e. The molecule has 0 fully saturated rings. The minimum atomic E-state index is -0.401. The maximum atomic E-state index is 12.7. The first-order valence-corrected chi connectivity index (χ1v) is 9.17. The van der Waals surface area contributed by atoms with Crippen molar-refractivity contribution in [2.45, 2.75) is 27.3 Å². The van der Waals surface area contributed by atoms with Crippen molar-refractivity contribution in [3.05, 3.63) is 76.2 Å². The van der Waals surface area contributed by atoms with Gasteiger partial charge in [-0.05, 0) is 44.5 Å². The third-order valence-electron chi connectivity index (χ3n) is 4.66. The highest BCUT2D eigenvalue weighted by Crippen LogP contribution is 2.18. The molecule has 8 nitrogen and oxygen atoms in total. The Balaban J connectivity index is 1.64. The summed E-state index contributed by atoms with van der Waals surface area (Å²) in [6.45, 7) is 5.47. The first kappa shape index (κ1) is 18.5. The van der Waals surface area contributed by atoms with Crippen LogP contribution in [0.1, 0.15) is 17.0 Å². The molecule has 0 aliphatic rings. The van der Waals surface area contributed by atoms with Crippen LogP contribution in [0.4, 0.5) is 5.69 Å². The molecule has 0 bridgehead atoms.